The summed E-state index contributed by atoms with van der Waals surface area (Å²) in [5, 5.41) is 3.54. The number of halogens is 6. The number of nitrogens with zero attached hydrogens (tertiary/aromatic N) is 7. The molecule has 2 amide bonds. The number of aromatic nitrogens is 4. The van der Waals surface area contributed by atoms with Crippen LogP contribution in [-0.4, -0.2) is 79.1 Å². The van der Waals surface area contributed by atoms with Crippen molar-refractivity contribution in [2.45, 2.75) is 37.8 Å². The Morgan fingerprint density at radius 2 is 1.60 bits per heavy atom. The number of hydrogen-bond acceptors (Lipinski definition) is 6. The Bertz CT molecular complexity index is 1130. The Morgan fingerprint density at radius 1 is 0.971 bits per heavy atom. The monoisotopic (exact) mass is 521 g/mol. The fourth-order valence-electron chi connectivity index (χ4n) is 5.99. The van der Waals surface area contributed by atoms with E-state index in [1.165, 1.54) is 4.68 Å². The molecule has 0 radical (unpaired) electrons. The van der Waals surface area contributed by atoms with Crippen molar-refractivity contribution in [3.05, 3.63) is 28.8 Å². The van der Waals surface area contributed by atoms with E-state index in [2.05, 4.69) is 14.5 Å². The van der Waals surface area contributed by atoms with Crippen LogP contribution in [0.1, 0.15) is 35.1 Å². The number of carbonyl (C=O) groups excluding carboxylic acids is 1. The van der Waals surface area contributed by atoms with Crippen LogP contribution in [-0.2, 0) is 18.9 Å². The molecule has 0 atom stereocenters. The molecule has 35 heavy (non-hydrogen) atoms. The first-order chi connectivity index (χ1) is 16.3. The zero-order valence-electron chi connectivity index (χ0n) is 18.3. The van der Waals surface area contributed by atoms with E-state index in [-0.39, 0.29) is 34.3 Å². The molecule has 8 nitrogen and oxygen atoms in total. The summed E-state index contributed by atoms with van der Waals surface area (Å²) in [6, 6.07) is -0.189. The normalized spacial score (nSPS) is 23.7. The van der Waals surface area contributed by atoms with E-state index in [9.17, 15) is 31.1 Å². The van der Waals surface area contributed by atoms with Crippen LogP contribution in [0, 0.1) is 10.8 Å². The van der Waals surface area contributed by atoms with Gasteiger partial charge >= 0.3 is 18.4 Å². The molecule has 15 heteroatoms. The van der Waals surface area contributed by atoms with Gasteiger partial charge in [0.25, 0.3) is 5.82 Å². The van der Waals surface area contributed by atoms with Gasteiger partial charge in [0.15, 0.2) is 0 Å². The van der Waals surface area contributed by atoms with Crippen LogP contribution in [0.3, 0.4) is 0 Å². The Balaban J connectivity index is 0.939. The SMILES string of the molecule is O=C(N1CC2(CC(n3cnc(C(F)(F)F)n3)C2)C1)N1CC2(CN(Cc3sncc3C(F)(F)F)C2)C1. The number of urea groups is 1. The van der Waals surface area contributed by atoms with Crippen molar-refractivity contribution in [3.63, 3.8) is 0 Å². The van der Waals surface area contributed by atoms with Crippen LogP contribution in [0.15, 0.2) is 12.5 Å². The van der Waals surface area contributed by atoms with Gasteiger partial charge in [-0.2, -0.15) is 26.3 Å². The van der Waals surface area contributed by atoms with Gasteiger partial charge in [-0.1, -0.05) is 0 Å². The number of amides is 2. The van der Waals surface area contributed by atoms with Crippen molar-refractivity contribution in [1.82, 2.24) is 33.8 Å². The number of rotatable bonds is 3. The van der Waals surface area contributed by atoms with Gasteiger partial charge in [0.2, 0.25) is 0 Å². The molecule has 3 saturated heterocycles. The molecule has 2 aromatic heterocycles. The average Bonchev–Trinajstić information content (AvgIpc) is 3.28. The maximum absolute atomic E-state index is 13.0. The fourth-order valence-corrected chi connectivity index (χ4v) is 6.78. The molecule has 190 valence electrons. The van der Waals surface area contributed by atoms with Crippen LogP contribution in [0.5, 0.6) is 0 Å². The largest absolute Gasteiger partial charge is 0.453 e. The third-order valence-corrected chi connectivity index (χ3v) is 8.34. The van der Waals surface area contributed by atoms with Crippen molar-refractivity contribution >= 4 is 17.6 Å². The third-order valence-electron chi connectivity index (χ3n) is 7.56. The number of likely N-dealkylation sites (tertiary alicyclic amines) is 3. The van der Waals surface area contributed by atoms with E-state index in [1.54, 1.807) is 9.80 Å². The van der Waals surface area contributed by atoms with Gasteiger partial charge in [0.05, 0.1) is 22.7 Å². The van der Waals surface area contributed by atoms with E-state index in [0.29, 0.717) is 52.1 Å². The Hall–Kier alpha value is -2.42. The van der Waals surface area contributed by atoms with E-state index >= 15 is 0 Å². The van der Waals surface area contributed by atoms with Crippen LogP contribution in [0.25, 0.3) is 0 Å². The summed E-state index contributed by atoms with van der Waals surface area (Å²) in [4.78, 5) is 21.8. The van der Waals surface area contributed by atoms with Crippen LogP contribution in [0.2, 0.25) is 0 Å². The minimum atomic E-state index is -4.56. The zero-order valence-corrected chi connectivity index (χ0v) is 19.1. The zero-order chi connectivity index (χ0) is 24.8. The maximum Gasteiger partial charge on any atom is 0.453 e. The summed E-state index contributed by atoms with van der Waals surface area (Å²) in [5.41, 5.74) is -0.791. The van der Waals surface area contributed by atoms with Gasteiger partial charge in [0.1, 0.15) is 6.33 Å². The summed E-state index contributed by atoms with van der Waals surface area (Å²) in [6.45, 7) is 3.83. The summed E-state index contributed by atoms with van der Waals surface area (Å²) < 4.78 is 82.1. The lowest BCUT2D eigenvalue weighted by Crippen LogP contribution is -2.75. The van der Waals surface area contributed by atoms with Crippen molar-refractivity contribution in [2.75, 3.05) is 39.3 Å². The van der Waals surface area contributed by atoms with Crippen LogP contribution < -0.4 is 0 Å². The second kappa shape index (κ2) is 7.31. The van der Waals surface area contributed by atoms with Crippen molar-refractivity contribution in [1.29, 1.82) is 0 Å². The summed E-state index contributed by atoms with van der Waals surface area (Å²) in [6.07, 6.45) is -5.66. The molecular weight excluding hydrogens is 500 g/mol. The van der Waals surface area contributed by atoms with E-state index in [0.717, 1.165) is 24.1 Å². The van der Waals surface area contributed by atoms with Gasteiger partial charge < -0.3 is 9.80 Å². The molecule has 5 heterocycles. The highest BCUT2D eigenvalue weighted by atomic mass is 32.1. The predicted molar refractivity (Wildman–Crippen MR) is 109 cm³/mol. The molecule has 6 rings (SSSR count). The van der Waals surface area contributed by atoms with Crippen LogP contribution >= 0.6 is 11.5 Å². The van der Waals surface area contributed by atoms with Gasteiger partial charge in [-0.3, -0.25) is 4.90 Å². The third kappa shape index (κ3) is 3.86. The second-order valence-electron chi connectivity index (χ2n) is 10.4. The number of hydrogen-bond donors (Lipinski definition) is 0. The molecule has 2 aromatic rings. The standard InChI is InChI=1S/C20H21F6N7OS/c21-19(22,23)13-3-28-35-14(13)4-30-5-18(6-30)9-32(10-18)16(34)31-7-17(8-31)1-12(2-17)33-11-27-15(29-33)20(24,25)26/h3,11-12H,1-2,4-10H2. The fraction of sp³-hybridized carbons (Fsp3) is 0.700. The lowest BCUT2D eigenvalue weighted by molar-refractivity contribution is -0.145. The smallest absolute Gasteiger partial charge is 0.323 e. The summed E-state index contributed by atoms with van der Waals surface area (Å²) in [7, 11) is 0. The van der Waals surface area contributed by atoms with E-state index < -0.39 is 23.7 Å². The quantitative estimate of drug-likeness (QED) is 0.580. The minimum absolute atomic E-state index is 0.0495. The van der Waals surface area contributed by atoms with Gasteiger partial charge in [-0.05, 0) is 24.4 Å². The van der Waals surface area contributed by atoms with E-state index in [4.69, 9.17) is 0 Å². The molecular formula is C20H21F6N7OS. The predicted octanol–water partition coefficient (Wildman–Crippen LogP) is 3.35. The molecule has 3 aliphatic heterocycles. The first-order valence-corrected chi connectivity index (χ1v) is 11.9. The molecule has 4 fully saturated rings. The molecule has 1 aliphatic carbocycles. The lowest BCUT2D eigenvalue weighted by Gasteiger charge is -2.63. The summed E-state index contributed by atoms with van der Waals surface area (Å²) in [5.74, 6) is -1.14. The molecule has 0 bridgehead atoms. The number of carbonyl (C=O) groups is 1. The molecule has 2 spiro atoms. The van der Waals surface area contributed by atoms with Crippen molar-refractivity contribution < 1.29 is 31.1 Å². The lowest BCUT2D eigenvalue weighted by atomic mass is 9.60. The first-order valence-electron chi connectivity index (χ1n) is 11.1. The molecule has 0 unspecified atom stereocenters. The summed E-state index contributed by atoms with van der Waals surface area (Å²) >= 11 is 0.866. The highest BCUT2D eigenvalue weighted by Gasteiger charge is 2.58. The molecule has 4 aliphatic rings. The van der Waals surface area contributed by atoms with Gasteiger partial charge in [0, 0.05) is 56.6 Å². The minimum Gasteiger partial charge on any atom is -0.323 e. The molecule has 1 saturated carbocycles. The van der Waals surface area contributed by atoms with E-state index in [1.807, 2.05) is 4.90 Å². The highest BCUT2D eigenvalue weighted by Crippen LogP contribution is 2.54. The van der Waals surface area contributed by atoms with Crippen molar-refractivity contribution in [3.8, 4) is 0 Å². The van der Waals surface area contributed by atoms with Gasteiger partial charge in [-0.15, -0.1) is 5.10 Å². The Morgan fingerprint density at radius 3 is 2.17 bits per heavy atom. The van der Waals surface area contributed by atoms with Crippen LogP contribution in [0.4, 0.5) is 31.1 Å². The highest BCUT2D eigenvalue weighted by molar-refractivity contribution is 7.05. The Labute approximate surface area is 199 Å². The first kappa shape index (κ1) is 23.0. The molecule has 0 N–H and O–H groups in total. The maximum atomic E-state index is 13.0. The molecule has 0 aromatic carbocycles. The number of alkyl halides is 6. The average molecular weight is 521 g/mol. The Kier molecular flexibility index (Phi) is 4.80. The van der Waals surface area contributed by atoms with Gasteiger partial charge in [-0.25, -0.2) is 18.8 Å². The van der Waals surface area contributed by atoms with Crippen molar-refractivity contribution in [2.24, 2.45) is 10.8 Å². The second-order valence-corrected chi connectivity index (χ2v) is 11.3. The topological polar surface area (TPSA) is 70.4 Å².